The topological polar surface area (TPSA) is 53.5 Å². The number of nitrogens with zero attached hydrogens (tertiary/aromatic N) is 4. The van der Waals surface area contributed by atoms with Crippen molar-refractivity contribution >= 4 is 36.6 Å². The van der Waals surface area contributed by atoms with Crippen LogP contribution in [0.15, 0.2) is 6.20 Å². The summed E-state index contributed by atoms with van der Waals surface area (Å²) < 4.78 is 19.5. The van der Waals surface area contributed by atoms with Gasteiger partial charge in [-0.3, -0.25) is 0 Å². The van der Waals surface area contributed by atoms with Crippen molar-refractivity contribution in [3.8, 4) is 0 Å². The Labute approximate surface area is 173 Å². The van der Waals surface area contributed by atoms with Gasteiger partial charge in [0.05, 0.1) is 19.4 Å². The summed E-state index contributed by atoms with van der Waals surface area (Å²) in [5.41, 5.74) is 0. The third-order valence-electron chi connectivity index (χ3n) is 5.90. The van der Waals surface area contributed by atoms with Crippen molar-refractivity contribution in [2.45, 2.75) is 25.7 Å². The highest BCUT2D eigenvalue weighted by atomic mass is 35.5. The fourth-order valence-electron chi connectivity index (χ4n) is 4.38. The third-order valence-corrected chi connectivity index (χ3v) is 5.90. The minimum absolute atomic E-state index is 0. The number of ether oxygens (including phenoxy) is 1. The fourth-order valence-corrected chi connectivity index (χ4v) is 4.38. The van der Waals surface area contributed by atoms with Crippen molar-refractivity contribution in [2.24, 2.45) is 11.8 Å². The van der Waals surface area contributed by atoms with Gasteiger partial charge >= 0.3 is 0 Å². The molecule has 1 N–H and O–H groups in total. The van der Waals surface area contributed by atoms with Crippen molar-refractivity contribution in [1.82, 2.24) is 15.3 Å². The first-order chi connectivity index (χ1) is 12.3. The van der Waals surface area contributed by atoms with Crippen LogP contribution in [-0.2, 0) is 4.74 Å². The highest BCUT2D eigenvalue weighted by molar-refractivity contribution is 5.85. The Balaban J connectivity index is 0.00000131. The molecule has 0 bridgehead atoms. The van der Waals surface area contributed by atoms with Gasteiger partial charge in [-0.05, 0) is 50.6 Å². The first kappa shape index (κ1) is 22.4. The van der Waals surface area contributed by atoms with Crippen LogP contribution < -0.4 is 15.1 Å². The molecule has 0 unspecified atom stereocenters. The number of hydrogen-bond acceptors (Lipinski definition) is 6. The molecule has 1 aromatic rings. The molecule has 3 fully saturated rings. The van der Waals surface area contributed by atoms with Gasteiger partial charge in [-0.15, -0.1) is 24.8 Å². The SMILES string of the molecule is Cl.Cl.Fc1cnc(N2CCC(C3CCNCC3)CC2)nc1N1CCOCC1. The maximum Gasteiger partial charge on any atom is 0.227 e. The van der Waals surface area contributed by atoms with E-state index in [9.17, 15) is 4.39 Å². The molecule has 6 nitrogen and oxygen atoms in total. The predicted octanol–water partition coefficient (Wildman–Crippen LogP) is 2.51. The van der Waals surface area contributed by atoms with E-state index in [1.54, 1.807) is 0 Å². The molecule has 0 aliphatic carbocycles. The van der Waals surface area contributed by atoms with Gasteiger partial charge in [-0.1, -0.05) is 0 Å². The van der Waals surface area contributed by atoms with Crippen molar-refractivity contribution in [3.63, 3.8) is 0 Å². The Morgan fingerprint density at radius 3 is 2.22 bits per heavy atom. The second-order valence-corrected chi connectivity index (χ2v) is 7.35. The zero-order valence-corrected chi connectivity index (χ0v) is 17.2. The van der Waals surface area contributed by atoms with Crippen LogP contribution in [0.1, 0.15) is 25.7 Å². The van der Waals surface area contributed by atoms with Crippen LogP contribution in [0.2, 0.25) is 0 Å². The van der Waals surface area contributed by atoms with Crippen LogP contribution >= 0.6 is 24.8 Å². The molecule has 27 heavy (non-hydrogen) atoms. The molecular weight excluding hydrogens is 392 g/mol. The van der Waals surface area contributed by atoms with E-state index < -0.39 is 0 Å². The van der Waals surface area contributed by atoms with Gasteiger partial charge in [0.1, 0.15) is 0 Å². The molecule has 0 saturated carbocycles. The van der Waals surface area contributed by atoms with Crippen LogP contribution in [0.3, 0.4) is 0 Å². The molecule has 1 aromatic heterocycles. The summed E-state index contributed by atoms with van der Waals surface area (Å²) in [5, 5.41) is 3.45. The van der Waals surface area contributed by atoms with Gasteiger partial charge in [-0.25, -0.2) is 9.37 Å². The Morgan fingerprint density at radius 1 is 0.926 bits per heavy atom. The summed E-state index contributed by atoms with van der Waals surface area (Å²) in [4.78, 5) is 13.0. The predicted molar refractivity (Wildman–Crippen MR) is 110 cm³/mol. The second kappa shape index (κ2) is 10.6. The lowest BCUT2D eigenvalue weighted by molar-refractivity contribution is 0.122. The summed E-state index contributed by atoms with van der Waals surface area (Å²) in [5.74, 6) is 2.44. The zero-order valence-electron chi connectivity index (χ0n) is 15.6. The zero-order chi connectivity index (χ0) is 17.1. The van der Waals surface area contributed by atoms with Crippen LogP contribution in [0, 0.1) is 17.7 Å². The quantitative estimate of drug-likeness (QED) is 0.808. The highest BCUT2D eigenvalue weighted by Gasteiger charge is 2.29. The highest BCUT2D eigenvalue weighted by Crippen LogP contribution is 2.32. The van der Waals surface area contributed by atoms with Crippen molar-refractivity contribution in [2.75, 3.05) is 62.3 Å². The van der Waals surface area contributed by atoms with Gasteiger partial charge in [-0.2, -0.15) is 4.98 Å². The van der Waals surface area contributed by atoms with E-state index in [0.29, 0.717) is 38.1 Å². The fraction of sp³-hybridized carbons (Fsp3) is 0.778. The lowest BCUT2D eigenvalue weighted by atomic mass is 9.79. The lowest BCUT2D eigenvalue weighted by Crippen LogP contribution is -2.41. The Bertz CT molecular complexity index is 577. The summed E-state index contributed by atoms with van der Waals surface area (Å²) in [6.07, 6.45) is 6.32. The van der Waals surface area contributed by atoms with Crippen LogP contribution in [0.25, 0.3) is 0 Å². The molecule has 0 radical (unpaired) electrons. The number of aromatic nitrogens is 2. The average Bonchev–Trinajstić information content (AvgIpc) is 2.70. The monoisotopic (exact) mass is 421 g/mol. The van der Waals surface area contributed by atoms with Crippen LogP contribution in [0.4, 0.5) is 16.2 Å². The van der Waals surface area contributed by atoms with Gasteiger partial charge in [0, 0.05) is 26.2 Å². The largest absolute Gasteiger partial charge is 0.378 e. The second-order valence-electron chi connectivity index (χ2n) is 7.35. The molecule has 0 amide bonds. The lowest BCUT2D eigenvalue weighted by Gasteiger charge is -2.38. The minimum Gasteiger partial charge on any atom is -0.378 e. The number of nitrogens with one attached hydrogen (secondary N) is 1. The molecule has 0 aromatic carbocycles. The number of piperidine rings is 2. The van der Waals surface area contributed by atoms with E-state index in [1.807, 2.05) is 4.90 Å². The van der Waals surface area contributed by atoms with Gasteiger partial charge in [0.25, 0.3) is 0 Å². The summed E-state index contributed by atoms with van der Waals surface area (Å²) in [7, 11) is 0. The summed E-state index contributed by atoms with van der Waals surface area (Å²) >= 11 is 0. The van der Waals surface area contributed by atoms with Crippen LogP contribution in [-0.4, -0.2) is 62.5 Å². The number of rotatable bonds is 3. The van der Waals surface area contributed by atoms with Gasteiger partial charge in [0.2, 0.25) is 5.95 Å². The molecular formula is C18H30Cl2FN5O. The van der Waals surface area contributed by atoms with E-state index in [4.69, 9.17) is 4.74 Å². The Hall–Kier alpha value is -0.890. The Morgan fingerprint density at radius 2 is 1.56 bits per heavy atom. The maximum absolute atomic E-state index is 14.2. The summed E-state index contributed by atoms with van der Waals surface area (Å²) in [6, 6.07) is 0. The number of morpholine rings is 1. The normalized spacial score (nSPS) is 22.1. The molecule has 0 spiro atoms. The molecule has 4 heterocycles. The number of halogens is 3. The Kier molecular flexibility index (Phi) is 8.79. The molecule has 3 saturated heterocycles. The first-order valence-electron chi connectivity index (χ1n) is 9.62. The molecule has 0 atom stereocenters. The van der Waals surface area contributed by atoms with Crippen molar-refractivity contribution in [1.29, 1.82) is 0 Å². The molecule has 4 rings (SSSR count). The van der Waals surface area contributed by atoms with E-state index in [1.165, 1.54) is 31.9 Å². The minimum atomic E-state index is -0.338. The maximum atomic E-state index is 14.2. The van der Waals surface area contributed by atoms with Gasteiger partial charge < -0.3 is 19.9 Å². The van der Waals surface area contributed by atoms with Crippen molar-refractivity contribution < 1.29 is 9.13 Å². The van der Waals surface area contributed by atoms with E-state index in [2.05, 4.69) is 20.2 Å². The van der Waals surface area contributed by atoms with E-state index in [0.717, 1.165) is 38.0 Å². The number of anilines is 2. The molecule has 9 heteroatoms. The smallest absolute Gasteiger partial charge is 0.227 e. The third kappa shape index (κ3) is 5.34. The summed E-state index contributed by atoms with van der Waals surface area (Å²) in [6.45, 7) is 6.90. The molecule has 3 aliphatic rings. The molecule has 154 valence electrons. The van der Waals surface area contributed by atoms with Crippen molar-refractivity contribution in [3.05, 3.63) is 12.0 Å². The van der Waals surface area contributed by atoms with E-state index in [-0.39, 0.29) is 30.6 Å². The standard InChI is InChI=1S/C18H28FN5O.2ClH/c19-16-13-21-18(22-17(16)23-9-11-25-12-10-23)24-7-3-15(4-8-24)14-1-5-20-6-2-14;;/h13-15,20H,1-12H2;2*1H. The van der Waals surface area contributed by atoms with Crippen LogP contribution in [0.5, 0.6) is 0 Å². The molecule has 3 aliphatic heterocycles. The number of hydrogen-bond donors (Lipinski definition) is 1. The van der Waals surface area contributed by atoms with E-state index >= 15 is 0 Å². The first-order valence-corrected chi connectivity index (χ1v) is 9.62. The van der Waals surface area contributed by atoms with Gasteiger partial charge in [0.15, 0.2) is 11.6 Å². The average molecular weight is 422 g/mol.